The number of benzene rings is 3. The molecule has 0 spiro atoms. The lowest BCUT2D eigenvalue weighted by atomic mass is 10.00. The Kier molecular flexibility index (Phi) is 2.60. The molecule has 3 rings (SSSR count). The second-order valence-electron chi connectivity index (χ2n) is 4.54. The Labute approximate surface area is 106 Å². The van der Waals surface area contributed by atoms with E-state index in [-0.39, 0.29) is 5.78 Å². The van der Waals surface area contributed by atoms with Crippen LogP contribution in [0.1, 0.15) is 23.7 Å². The summed E-state index contributed by atoms with van der Waals surface area (Å²) in [5.74, 6) is 0.199. The van der Waals surface area contributed by atoms with Gasteiger partial charge in [0, 0.05) is 12.0 Å². The van der Waals surface area contributed by atoms with Crippen molar-refractivity contribution < 1.29 is 4.79 Å². The first-order chi connectivity index (χ1) is 8.78. The standard InChI is InChI=1S/C17H14O/c1-2-17(18)15-8-7-14-9-12-5-3-4-6-13(12)10-16(14)11-15/h3-11H,2H2,1H3. The molecular formula is C17H14O. The van der Waals surface area contributed by atoms with Crippen molar-refractivity contribution in [3.8, 4) is 0 Å². The molecule has 0 unspecified atom stereocenters. The Morgan fingerprint density at radius 2 is 1.44 bits per heavy atom. The van der Waals surface area contributed by atoms with Gasteiger partial charge in [-0.25, -0.2) is 0 Å². The quantitative estimate of drug-likeness (QED) is 0.468. The summed E-state index contributed by atoms with van der Waals surface area (Å²) in [5.41, 5.74) is 0.806. The molecule has 0 fully saturated rings. The van der Waals surface area contributed by atoms with Crippen LogP contribution in [0, 0.1) is 0 Å². The highest BCUT2D eigenvalue weighted by Crippen LogP contribution is 2.24. The number of ketones is 1. The predicted octanol–water partition coefficient (Wildman–Crippen LogP) is 4.59. The first-order valence-corrected chi connectivity index (χ1v) is 6.23. The minimum Gasteiger partial charge on any atom is -0.294 e. The molecule has 3 aromatic rings. The Bertz CT molecular complexity index is 741. The van der Waals surface area contributed by atoms with Gasteiger partial charge in [0.1, 0.15) is 0 Å². The lowest BCUT2D eigenvalue weighted by Gasteiger charge is -2.04. The highest BCUT2D eigenvalue weighted by Gasteiger charge is 2.04. The van der Waals surface area contributed by atoms with Crippen LogP contribution in [0.3, 0.4) is 0 Å². The van der Waals surface area contributed by atoms with E-state index in [2.05, 4.69) is 24.3 Å². The summed E-state index contributed by atoms with van der Waals surface area (Å²) in [7, 11) is 0. The van der Waals surface area contributed by atoms with Gasteiger partial charge < -0.3 is 0 Å². The van der Waals surface area contributed by atoms with E-state index in [0.717, 1.165) is 10.9 Å². The van der Waals surface area contributed by atoms with E-state index < -0.39 is 0 Å². The molecule has 0 atom stereocenters. The molecule has 0 radical (unpaired) electrons. The third-order valence-electron chi connectivity index (χ3n) is 3.35. The molecule has 1 nitrogen and oxygen atoms in total. The lowest BCUT2D eigenvalue weighted by molar-refractivity contribution is 0.0988. The second kappa shape index (κ2) is 4.26. The SMILES string of the molecule is CCC(=O)c1ccc2cc3ccccc3cc2c1. The van der Waals surface area contributed by atoms with Gasteiger partial charge in [-0.1, -0.05) is 43.3 Å². The minimum absolute atomic E-state index is 0.199. The van der Waals surface area contributed by atoms with Crippen LogP contribution in [-0.4, -0.2) is 5.78 Å². The van der Waals surface area contributed by atoms with E-state index in [1.54, 1.807) is 0 Å². The molecule has 0 aromatic heterocycles. The number of hydrogen-bond acceptors (Lipinski definition) is 1. The first-order valence-electron chi connectivity index (χ1n) is 6.23. The third-order valence-corrected chi connectivity index (χ3v) is 3.35. The summed E-state index contributed by atoms with van der Waals surface area (Å²) in [6, 6.07) is 18.6. The molecule has 0 bridgehead atoms. The highest BCUT2D eigenvalue weighted by atomic mass is 16.1. The molecule has 88 valence electrons. The smallest absolute Gasteiger partial charge is 0.162 e. The van der Waals surface area contributed by atoms with E-state index in [0.29, 0.717) is 6.42 Å². The van der Waals surface area contributed by atoms with Crippen LogP contribution < -0.4 is 0 Å². The zero-order chi connectivity index (χ0) is 12.5. The van der Waals surface area contributed by atoms with Gasteiger partial charge in [-0.2, -0.15) is 0 Å². The summed E-state index contributed by atoms with van der Waals surface area (Å²) in [6.07, 6.45) is 0.555. The Balaban J connectivity index is 2.27. The van der Waals surface area contributed by atoms with Crippen LogP contribution in [-0.2, 0) is 0 Å². The molecule has 0 heterocycles. The van der Waals surface area contributed by atoms with Crippen molar-refractivity contribution in [3.63, 3.8) is 0 Å². The molecule has 0 amide bonds. The number of rotatable bonds is 2. The van der Waals surface area contributed by atoms with Gasteiger partial charge in [0.25, 0.3) is 0 Å². The minimum atomic E-state index is 0.199. The van der Waals surface area contributed by atoms with Gasteiger partial charge in [-0.15, -0.1) is 0 Å². The molecule has 0 aliphatic carbocycles. The Hall–Kier alpha value is -2.15. The summed E-state index contributed by atoms with van der Waals surface area (Å²) < 4.78 is 0. The first kappa shape index (κ1) is 11.0. The zero-order valence-corrected chi connectivity index (χ0v) is 10.3. The molecule has 3 aromatic carbocycles. The summed E-state index contributed by atoms with van der Waals surface area (Å²) >= 11 is 0. The highest BCUT2D eigenvalue weighted by molar-refractivity contribution is 6.03. The monoisotopic (exact) mass is 234 g/mol. The second-order valence-corrected chi connectivity index (χ2v) is 4.54. The van der Waals surface area contributed by atoms with E-state index in [4.69, 9.17) is 0 Å². The van der Waals surface area contributed by atoms with Crippen molar-refractivity contribution in [3.05, 3.63) is 60.2 Å². The van der Waals surface area contributed by atoms with Crippen molar-refractivity contribution in [2.75, 3.05) is 0 Å². The van der Waals surface area contributed by atoms with Gasteiger partial charge in [0.05, 0.1) is 0 Å². The van der Waals surface area contributed by atoms with E-state index in [1.807, 2.05) is 37.3 Å². The topological polar surface area (TPSA) is 17.1 Å². The van der Waals surface area contributed by atoms with Crippen molar-refractivity contribution in [2.24, 2.45) is 0 Å². The predicted molar refractivity (Wildman–Crippen MR) is 76.1 cm³/mol. The normalized spacial score (nSPS) is 10.9. The molecule has 1 heteroatoms. The molecular weight excluding hydrogens is 220 g/mol. The van der Waals surface area contributed by atoms with Crippen molar-refractivity contribution in [2.45, 2.75) is 13.3 Å². The van der Waals surface area contributed by atoms with Gasteiger partial charge >= 0.3 is 0 Å². The lowest BCUT2D eigenvalue weighted by Crippen LogP contribution is -1.95. The third kappa shape index (κ3) is 1.78. The summed E-state index contributed by atoms with van der Waals surface area (Å²) in [5, 5.41) is 4.76. The fourth-order valence-corrected chi connectivity index (χ4v) is 2.32. The van der Waals surface area contributed by atoms with Gasteiger partial charge in [0.2, 0.25) is 0 Å². The van der Waals surface area contributed by atoms with Crippen molar-refractivity contribution >= 4 is 27.3 Å². The van der Waals surface area contributed by atoms with Crippen LogP contribution in [0.5, 0.6) is 0 Å². The molecule has 0 saturated heterocycles. The molecule has 0 saturated carbocycles. The maximum absolute atomic E-state index is 11.7. The Morgan fingerprint density at radius 3 is 2.11 bits per heavy atom. The van der Waals surface area contributed by atoms with Crippen LogP contribution in [0.15, 0.2) is 54.6 Å². The molecule has 0 aliphatic heterocycles. The summed E-state index contributed by atoms with van der Waals surface area (Å²) in [6.45, 7) is 1.90. The van der Waals surface area contributed by atoms with Crippen LogP contribution in [0.2, 0.25) is 0 Å². The fraction of sp³-hybridized carbons (Fsp3) is 0.118. The van der Waals surface area contributed by atoms with Crippen LogP contribution in [0.4, 0.5) is 0 Å². The average Bonchev–Trinajstić information content (AvgIpc) is 2.43. The van der Waals surface area contributed by atoms with E-state index in [1.165, 1.54) is 16.2 Å². The van der Waals surface area contributed by atoms with Crippen LogP contribution >= 0.6 is 0 Å². The molecule has 18 heavy (non-hydrogen) atoms. The molecule has 0 N–H and O–H groups in total. The number of fused-ring (bicyclic) bond motifs is 2. The summed E-state index contributed by atoms with van der Waals surface area (Å²) in [4.78, 5) is 11.7. The number of hydrogen-bond donors (Lipinski definition) is 0. The zero-order valence-electron chi connectivity index (χ0n) is 10.3. The Morgan fingerprint density at radius 1 is 0.833 bits per heavy atom. The average molecular weight is 234 g/mol. The van der Waals surface area contributed by atoms with Crippen molar-refractivity contribution in [1.82, 2.24) is 0 Å². The van der Waals surface area contributed by atoms with Crippen LogP contribution in [0.25, 0.3) is 21.5 Å². The van der Waals surface area contributed by atoms with E-state index in [9.17, 15) is 4.79 Å². The number of carbonyl (C=O) groups is 1. The maximum Gasteiger partial charge on any atom is 0.162 e. The van der Waals surface area contributed by atoms with Gasteiger partial charge in [-0.05, 0) is 39.7 Å². The van der Waals surface area contributed by atoms with Gasteiger partial charge in [0.15, 0.2) is 5.78 Å². The fourth-order valence-electron chi connectivity index (χ4n) is 2.32. The maximum atomic E-state index is 11.7. The van der Waals surface area contributed by atoms with E-state index >= 15 is 0 Å². The largest absolute Gasteiger partial charge is 0.294 e. The number of carbonyl (C=O) groups excluding carboxylic acids is 1. The molecule has 0 aliphatic rings. The number of Topliss-reactive ketones (excluding diaryl/α,β-unsaturated/α-hetero) is 1. The van der Waals surface area contributed by atoms with Crippen molar-refractivity contribution in [1.29, 1.82) is 0 Å². The van der Waals surface area contributed by atoms with Gasteiger partial charge in [-0.3, -0.25) is 4.79 Å².